The highest BCUT2D eigenvalue weighted by atomic mass is 16.5. The molecule has 0 amide bonds. The van der Waals surface area contributed by atoms with Crippen LogP contribution in [0.5, 0.6) is 0 Å². The van der Waals surface area contributed by atoms with Crippen molar-refractivity contribution in [2.24, 2.45) is 5.41 Å². The first-order valence-corrected chi connectivity index (χ1v) is 8.10. The van der Waals surface area contributed by atoms with Gasteiger partial charge in [0.15, 0.2) is 5.82 Å². The lowest BCUT2D eigenvalue weighted by Gasteiger charge is -2.21. The summed E-state index contributed by atoms with van der Waals surface area (Å²) in [6.45, 7) is 5.39. The average molecular weight is 298 g/mol. The third-order valence-corrected chi connectivity index (χ3v) is 4.92. The lowest BCUT2D eigenvalue weighted by atomic mass is 9.87. The molecule has 1 unspecified atom stereocenters. The highest BCUT2D eigenvalue weighted by Crippen LogP contribution is 2.36. The number of benzene rings is 1. The van der Waals surface area contributed by atoms with E-state index in [2.05, 4.69) is 32.5 Å². The molecule has 5 nitrogen and oxygen atoms in total. The van der Waals surface area contributed by atoms with E-state index in [0.717, 1.165) is 50.9 Å². The summed E-state index contributed by atoms with van der Waals surface area (Å²) in [4.78, 5) is 7.00. The van der Waals surface area contributed by atoms with Crippen LogP contribution in [0.15, 0.2) is 34.9 Å². The molecule has 2 aliphatic rings. The van der Waals surface area contributed by atoms with Gasteiger partial charge in [0.25, 0.3) is 0 Å². The van der Waals surface area contributed by atoms with Gasteiger partial charge in [-0.1, -0.05) is 35.5 Å². The zero-order valence-electron chi connectivity index (χ0n) is 12.8. The number of likely N-dealkylation sites (tertiary alicyclic amines) is 1. The fourth-order valence-electron chi connectivity index (χ4n) is 3.70. The molecule has 4 rings (SSSR count). The highest BCUT2D eigenvalue weighted by molar-refractivity contribution is 5.18. The van der Waals surface area contributed by atoms with Crippen LogP contribution in [0.2, 0.25) is 0 Å². The van der Waals surface area contributed by atoms with Gasteiger partial charge in [0.05, 0.1) is 6.54 Å². The van der Waals surface area contributed by atoms with E-state index >= 15 is 0 Å². The Balaban J connectivity index is 1.36. The van der Waals surface area contributed by atoms with Crippen LogP contribution in [0, 0.1) is 5.41 Å². The summed E-state index contributed by atoms with van der Waals surface area (Å²) in [5.74, 6) is 1.52. The highest BCUT2D eigenvalue weighted by Gasteiger charge is 2.40. The van der Waals surface area contributed by atoms with Crippen molar-refractivity contribution in [1.29, 1.82) is 0 Å². The van der Waals surface area contributed by atoms with Crippen LogP contribution in [-0.2, 0) is 13.0 Å². The van der Waals surface area contributed by atoms with Crippen molar-refractivity contribution < 1.29 is 4.52 Å². The van der Waals surface area contributed by atoms with Gasteiger partial charge in [0.2, 0.25) is 5.89 Å². The summed E-state index contributed by atoms with van der Waals surface area (Å²) < 4.78 is 5.43. The average Bonchev–Trinajstić information content (AvgIpc) is 3.25. The quantitative estimate of drug-likeness (QED) is 0.933. The van der Waals surface area contributed by atoms with E-state index in [1.54, 1.807) is 0 Å². The third-order valence-electron chi connectivity index (χ3n) is 4.92. The number of aromatic nitrogens is 2. The second-order valence-corrected chi connectivity index (χ2v) is 6.65. The third kappa shape index (κ3) is 2.91. The van der Waals surface area contributed by atoms with Gasteiger partial charge in [0.1, 0.15) is 0 Å². The molecule has 0 bridgehead atoms. The number of hydrogen-bond acceptors (Lipinski definition) is 5. The van der Waals surface area contributed by atoms with Crippen molar-refractivity contribution in [3.8, 4) is 0 Å². The molecule has 1 spiro atoms. The topological polar surface area (TPSA) is 54.2 Å². The zero-order valence-corrected chi connectivity index (χ0v) is 12.8. The molecule has 0 radical (unpaired) electrons. The van der Waals surface area contributed by atoms with Crippen LogP contribution >= 0.6 is 0 Å². The van der Waals surface area contributed by atoms with Gasteiger partial charge in [-0.2, -0.15) is 4.98 Å². The summed E-state index contributed by atoms with van der Waals surface area (Å²) in [5, 5.41) is 7.61. The smallest absolute Gasteiger partial charge is 0.240 e. The Hall–Kier alpha value is -1.72. The summed E-state index contributed by atoms with van der Waals surface area (Å²) in [6.07, 6.45) is 3.32. The molecule has 1 aromatic heterocycles. The standard InChI is InChI=1S/C17H22N4O/c1-2-4-14(5-3-1)10-15-19-16(22-20-15)11-21-9-7-17(13-21)6-8-18-12-17/h1-5,18H,6-13H2. The van der Waals surface area contributed by atoms with E-state index in [1.165, 1.54) is 18.4 Å². The maximum atomic E-state index is 5.43. The maximum Gasteiger partial charge on any atom is 0.240 e. The Labute approximate surface area is 130 Å². The van der Waals surface area contributed by atoms with E-state index in [9.17, 15) is 0 Å². The molecule has 2 aromatic rings. The fourth-order valence-corrected chi connectivity index (χ4v) is 3.70. The van der Waals surface area contributed by atoms with Crippen molar-refractivity contribution in [1.82, 2.24) is 20.4 Å². The Morgan fingerprint density at radius 2 is 2.14 bits per heavy atom. The normalized spacial score (nSPS) is 25.3. The molecule has 3 heterocycles. The van der Waals surface area contributed by atoms with E-state index in [0.29, 0.717) is 5.41 Å². The SMILES string of the molecule is c1ccc(Cc2noc(CN3CCC4(CCNC4)C3)n2)cc1. The first-order valence-electron chi connectivity index (χ1n) is 8.10. The molecule has 2 aliphatic heterocycles. The van der Waals surface area contributed by atoms with Crippen LogP contribution in [0.1, 0.15) is 30.1 Å². The molecule has 0 saturated carbocycles. The Morgan fingerprint density at radius 1 is 1.23 bits per heavy atom. The second kappa shape index (κ2) is 5.82. The summed E-state index contributed by atoms with van der Waals surface area (Å²) in [5.41, 5.74) is 1.71. The number of nitrogens with zero attached hydrogens (tertiary/aromatic N) is 3. The Bertz CT molecular complexity index is 619. The maximum absolute atomic E-state index is 5.43. The lowest BCUT2D eigenvalue weighted by molar-refractivity contribution is 0.235. The van der Waals surface area contributed by atoms with E-state index < -0.39 is 0 Å². The van der Waals surface area contributed by atoms with E-state index in [4.69, 9.17) is 4.52 Å². The van der Waals surface area contributed by atoms with Gasteiger partial charge in [-0.3, -0.25) is 4.90 Å². The molecule has 5 heteroatoms. The molecular formula is C17H22N4O. The summed E-state index contributed by atoms with van der Waals surface area (Å²) in [7, 11) is 0. The second-order valence-electron chi connectivity index (χ2n) is 6.65. The van der Waals surface area contributed by atoms with Crippen LogP contribution < -0.4 is 5.32 Å². The molecule has 1 N–H and O–H groups in total. The molecule has 1 aromatic carbocycles. The zero-order chi connectivity index (χ0) is 14.8. The predicted octanol–water partition coefficient (Wildman–Crippen LogP) is 1.85. The predicted molar refractivity (Wildman–Crippen MR) is 83.4 cm³/mol. The van der Waals surface area contributed by atoms with E-state index in [1.807, 2.05) is 18.2 Å². The van der Waals surface area contributed by atoms with Gasteiger partial charge < -0.3 is 9.84 Å². The first kappa shape index (κ1) is 13.9. The molecule has 2 saturated heterocycles. The van der Waals surface area contributed by atoms with Gasteiger partial charge in [-0.15, -0.1) is 0 Å². The fraction of sp³-hybridized carbons (Fsp3) is 0.529. The van der Waals surface area contributed by atoms with Gasteiger partial charge in [0, 0.05) is 19.5 Å². The summed E-state index contributed by atoms with van der Waals surface area (Å²) >= 11 is 0. The minimum absolute atomic E-state index is 0.493. The van der Waals surface area contributed by atoms with Gasteiger partial charge >= 0.3 is 0 Å². The van der Waals surface area contributed by atoms with Crippen LogP contribution in [0.25, 0.3) is 0 Å². The van der Waals surface area contributed by atoms with Gasteiger partial charge in [-0.25, -0.2) is 0 Å². The molecule has 0 aliphatic carbocycles. The van der Waals surface area contributed by atoms with Crippen molar-refractivity contribution in [3.05, 3.63) is 47.6 Å². The van der Waals surface area contributed by atoms with E-state index in [-0.39, 0.29) is 0 Å². The number of nitrogens with one attached hydrogen (secondary N) is 1. The van der Waals surface area contributed by atoms with Crippen LogP contribution in [0.4, 0.5) is 0 Å². The van der Waals surface area contributed by atoms with Crippen molar-refractivity contribution in [2.75, 3.05) is 26.2 Å². The van der Waals surface area contributed by atoms with Crippen LogP contribution in [0.3, 0.4) is 0 Å². The molecule has 22 heavy (non-hydrogen) atoms. The van der Waals surface area contributed by atoms with Crippen molar-refractivity contribution in [3.63, 3.8) is 0 Å². The Kier molecular flexibility index (Phi) is 3.68. The molecule has 1 atom stereocenters. The monoisotopic (exact) mass is 298 g/mol. The lowest BCUT2D eigenvalue weighted by Crippen LogP contribution is -2.29. The van der Waals surface area contributed by atoms with Crippen LogP contribution in [-0.4, -0.2) is 41.2 Å². The molecule has 116 valence electrons. The van der Waals surface area contributed by atoms with Gasteiger partial charge in [-0.05, 0) is 36.9 Å². The minimum atomic E-state index is 0.493. The number of hydrogen-bond donors (Lipinski definition) is 1. The summed E-state index contributed by atoms with van der Waals surface area (Å²) in [6, 6.07) is 10.3. The van der Waals surface area contributed by atoms with Crippen molar-refractivity contribution >= 4 is 0 Å². The molecular weight excluding hydrogens is 276 g/mol. The first-order chi connectivity index (χ1) is 10.8. The minimum Gasteiger partial charge on any atom is -0.338 e. The Morgan fingerprint density at radius 3 is 2.95 bits per heavy atom. The number of rotatable bonds is 4. The largest absolute Gasteiger partial charge is 0.338 e. The van der Waals surface area contributed by atoms with Crippen molar-refractivity contribution in [2.45, 2.75) is 25.8 Å². The molecule has 2 fully saturated rings.